The Morgan fingerprint density at radius 2 is 1.22 bits per heavy atom. The van der Waals surface area contributed by atoms with Crippen LogP contribution in [0.5, 0.6) is 0 Å². The molecule has 3 N–H and O–H groups in total. The van der Waals surface area contributed by atoms with Gasteiger partial charge in [0.15, 0.2) is 0 Å². The Labute approximate surface area is 168 Å². The van der Waals surface area contributed by atoms with Gasteiger partial charge in [0.2, 0.25) is 0 Å². The molecule has 3 atom stereocenters. The SMILES string of the molecule is CCCCCCCCCCCCCCCCCCOC[C@@H]1OC[C@H](N)[C@@H]1O. The minimum Gasteiger partial charge on any atom is -0.389 e. The molecule has 1 fully saturated rings. The van der Waals surface area contributed by atoms with Gasteiger partial charge in [0.25, 0.3) is 0 Å². The highest BCUT2D eigenvalue weighted by Gasteiger charge is 2.33. The first-order valence-electron chi connectivity index (χ1n) is 11.9. The van der Waals surface area contributed by atoms with Crippen molar-refractivity contribution in [2.75, 3.05) is 19.8 Å². The van der Waals surface area contributed by atoms with Crippen molar-refractivity contribution in [2.45, 2.75) is 128 Å². The first-order valence-corrected chi connectivity index (χ1v) is 11.9. The zero-order valence-electron chi connectivity index (χ0n) is 18.0. The third-order valence-electron chi connectivity index (χ3n) is 5.75. The number of unbranched alkanes of at least 4 members (excludes halogenated alkanes) is 15. The Hall–Kier alpha value is -0.160. The molecule has 0 aromatic heterocycles. The Bertz CT molecular complexity index is 314. The molecule has 1 aliphatic rings. The minimum atomic E-state index is -0.573. The van der Waals surface area contributed by atoms with E-state index in [0.29, 0.717) is 13.2 Å². The predicted octanol–water partition coefficient (Wildman–Crippen LogP) is 5.35. The standard InChI is InChI=1S/C23H47NO3/c1-2-3-4-5-6-7-8-9-10-11-12-13-14-15-16-17-18-26-20-22-23(25)21(24)19-27-22/h21-23,25H,2-20,24H2,1H3/t21-,22-,23-/m0/s1. The van der Waals surface area contributed by atoms with Crippen molar-refractivity contribution in [3.05, 3.63) is 0 Å². The zero-order valence-corrected chi connectivity index (χ0v) is 18.0. The van der Waals surface area contributed by atoms with Crippen molar-refractivity contribution < 1.29 is 14.6 Å². The smallest absolute Gasteiger partial charge is 0.108 e. The highest BCUT2D eigenvalue weighted by Crippen LogP contribution is 2.15. The van der Waals surface area contributed by atoms with E-state index in [1.54, 1.807) is 0 Å². The molecule has 0 aliphatic carbocycles. The maximum atomic E-state index is 9.77. The van der Waals surface area contributed by atoms with E-state index in [1.165, 1.54) is 96.3 Å². The van der Waals surface area contributed by atoms with Gasteiger partial charge in [-0.2, -0.15) is 0 Å². The van der Waals surface area contributed by atoms with Gasteiger partial charge in [-0.3, -0.25) is 0 Å². The van der Waals surface area contributed by atoms with E-state index >= 15 is 0 Å². The Morgan fingerprint density at radius 1 is 0.778 bits per heavy atom. The van der Waals surface area contributed by atoms with Gasteiger partial charge in [-0.25, -0.2) is 0 Å². The first kappa shape index (κ1) is 24.9. The molecule has 1 aliphatic heterocycles. The van der Waals surface area contributed by atoms with Crippen molar-refractivity contribution in [3.63, 3.8) is 0 Å². The molecular weight excluding hydrogens is 338 g/mol. The van der Waals surface area contributed by atoms with Gasteiger partial charge in [0.05, 0.1) is 25.4 Å². The first-order chi connectivity index (χ1) is 13.3. The summed E-state index contributed by atoms with van der Waals surface area (Å²) in [6.07, 6.45) is 21.3. The van der Waals surface area contributed by atoms with Crippen LogP contribution in [0.3, 0.4) is 0 Å². The zero-order chi connectivity index (χ0) is 19.6. The highest BCUT2D eigenvalue weighted by atomic mass is 16.5. The van der Waals surface area contributed by atoms with Crippen LogP contribution in [0.2, 0.25) is 0 Å². The quantitative estimate of drug-likeness (QED) is 0.294. The average Bonchev–Trinajstić information content (AvgIpc) is 2.99. The molecule has 27 heavy (non-hydrogen) atoms. The van der Waals surface area contributed by atoms with Crippen LogP contribution in [0, 0.1) is 0 Å². The van der Waals surface area contributed by atoms with Crippen molar-refractivity contribution in [1.29, 1.82) is 0 Å². The molecule has 1 rings (SSSR count). The molecule has 0 aromatic rings. The number of nitrogens with two attached hydrogens (primary N) is 1. The van der Waals surface area contributed by atoms with Crippen LogP contribution in [-0.2, 0) is 9.47 Å². The summed E-state index contributed by atoms with van der Waals surface area (Å²) in [5, 5.41) is 9.77. The van der Waals surface area contributed by atoms with E-state index < -0.39 is 6.10 Å². The predicted molar refractivity (Wildman–Crippen MR) is 114 cm³/mol. The molecular formula is C23H47NO3. The van der Waals surface area contributed by atoms with Crippen LogP contribution >= 0.6 is 0 Å². The topological polar surface area (TPSA) is 64.7 Å². The van der Waals surface area contributed by atoms with Gasteiger partial charge >= 0.3 is 0 Å². The second-order valence-corrected chi connectivity index (χ2v) is 8.40. The summed E-state index contributed by atoms with van der Waals surface area (Å²) in [5.41, 5.74) is 5.71. The lowest BCUT2D eigenvalue weighted by Gasteiger charge is -2.15. The van der Waals surface area contributed by atoms with E-state index in [-0.39, 0.29) is 12.1 Å². The fourth-order valence-electron chi connectivity index (χ4n) is 3.81. The van der Waals surface area contributed by atoms with Crippen LogP contribution in [0.25, 0.3) is 0 Å². The van der Waals surface area contributed by atoms with E-state index in [0.717, 1.165) is 13.0 Å². The number of hydrogen-bond acceptors (Lipinski definition) is 4. The summed E-state index contributed by atoms with van der Waals surface area (Å²) >= 11 is 0. The molecule has 0 bridgehead atoms. The molecule has 162 valence electrons. The summed E-state index contributed by atoms with van der Waals surface area (Å²) in [6.45, 7) is 3.95. The molecule has 0 unspecified atom stereocenters. The maximum absolute atomic E-state index is 9.77. The summed E-state index contributed by atoms with van der Waals surface area (Å²) in [5.74, 6) is 0. The Kier molecular flexibility index (Phi) is 16.5. The molecule has 0 radical (unpaired) electrons. The van der Waals surface area contributed by atoms with Crippen molar-refractivity contribution in [3.8, 4) is 0 Å². The van der Waals surface area contributed by atoms with Crippen molar-refractivity contribution in [1.82, 2.24) is 0 Å². The Morgan fingerprint density at radius 3 is 1.63 bits per heavy atom. The third-order valence-corrected chi connectivity index (χ3v) is 5.75. The van der Waals surface area contributed by atoms with Gasteiger partial charge in [0.1, 0.15) is 6.10 Å². The third kappa shape index (κ3) is 13.6. The normalized spacial score (nSPS) is 22.6. The second kappa shape index (κ2) is 17.9. The van der Waals surface area contributed by atoms with Gasteiger partial charge in [-0.05, 0) is 6.42 Å². The average molecular weight is 386 g/mol. The number of aliphatic hydroxyl groups is 1. The van der Waals surface area contributed by atoms with Gasteiger partial charge < -0.3 is 20.3 Å². The monoisotopic (exact) mass is 385 g/mol. The van der Waals surface area contributed by atoms with Crippen molar-refractivity contribution >= 4 is 0 Å². The molecule has 0 amide bonds. The molecule has 0 saturated carbocycles. The number of rotatable bonds is 19. The van der Waals surface area contributed by atoms with Gasteiger partial charge in [-0.1, -0.05) is 103 Å². The van der Waals surface area contributed by atoms with Crippen LogP contribution in [-0.4, -0.2) is 43.2 Å². The molecule has 4 nitrogen and oxygen atoms in total. The minimum absolute atomic E-state index is 0.235. The van der Waals surface area contributed by atoms with Crippen LogP contribution < -0.4 is 5.73 Å². The van der Waals surface area contributed by atoms with Crippen LogP contribution in [0.1, 0.15) is 110 Å². The van der Waals surface area contributed by atoms with Gasteiger partial charge in [-0.15, -0.1) is 0 Å². The molecule has 0 spiro atoms. The summed E-state index contributed by atoms with van der Waals surface area (Å²) < 4.78 is 11.0. The van der Waals surface area contributed by atoms with E-state index in [4.69, 9.17) is 15.2 Å². The summed E-state index contributed by atoms with van der Waals surface area (Å²) in [6, 6.07) is -0.255. The molecule has 4 heteroatoms. The number of aliphatic hydroxyl groups excluding tert-OH is 1. The molecule has 1 heterocycles. The van der Waals surface area contributed by atoms with Gasteiger partial charge in [0, 0.05) is 6.61 Å². The number of hydrogen-bond donors (Lipinski definition) is 2. The summed E-state index contributed by atoms with van der Waals surface area (Å²) in [7, 11) is 0. The van der Waals surface area contributed by atoms with E-state index in [9.17, 15) is 5.11 Å². The lowest BCUT2D eigenvalue weighted by molar-refractivity contribution is -0.0251. The van der Waals surface area contributed by atoms with Crippen LogP contribution in [0.15, 0.2) is 0 Å². The highest BCUT2D eigenvalue weighted by molar-refractivity contribution is 4.85. The molecule has 1 saturated heterocycles. The fraction of sp³-hybridized carbons (Fsp3) is 1.00. The van der Waals surface area contributed by atoms with E-state index in [1.807, 2.05) is 0 Å². The van der Waals surface area contributed by atoms with Crippen LogP contribution in [0.4, 0.5) is 0 Å². The Balaban J connectivity index is 1.69. The lowest BCUT2D eigenvalue weighted by Crippen LogP contribution is -2.38. The van der Waals surface area contributed by atoms with Crippen molar-refractivity contribution in [2.24, 2.45) is 5.73 Å². The largest absolute Gasteiger partial charge is 0.389 e. The lowest BCUT2D eigenvalue weighted by atomic mass is 10.0. The summed E-state index contributed by atoms with van der Waals surface area (Å²) in [4.78, 5) is 0. The molecule has 0 aromatic carbocycles. The number of ether oxygens (including phenoxy) is 2. The fourth-order valence-corrected chi connectivity index (χ4v) is 3.81. The second-order valence-electron chi connectivity index (χ2n) is 8.40. The maximum Gasteiger partial charge on any atom is 0.108 e. The van der Waals surface area contributed by atoms with E-state index in [2.05, 4.69) is 6.92 Å².